The van der Waals surface area contributed by atoms with Crippen LogP contribution in [0.3, 0.4) is 0 Å². The van der Waals surface area contributed by atoms with Crippen molar-refractivity contribution >= 4 is 18.1 Å². The van der Waals surface area contributed by atoms with E-state index >= 15 is 0 Å². The molecule has 3 unspecified atom stereocenters. The molecule has 7 nitrogen and oxygen atoms in total. The average Bonchev–Trinajstić information content (AvgIpc) is 3.01. The molecule has 3 atom stereocenters. The SMILES string of the molecule is CNC(CC(C(=O)OC(C)(C)C)C1(C)C=CC=N1)C(=O)N1CCOCC1. The van der Waals surface area contributed by atoms with E-state index in [0.29, 0.717) is 32.7 Å². The van der Waals surface area contributed by atoms with E-state index in [2.05, 4.69) is 10.3 Å². The van der Waals surface area contributed by atoms with E-state index in [4.69, 9.17) is 9.47 Å². The third kappa shape index (κ3) is 5.14. The predicted octanol–water partition coefficient (Wildman–Crippen LogP) is 1.18. The Balaban J connectivity index is 2.18. The van der Waals surface area contributed by atoms with Gasteiger partial charge in [-0.25, -0.2) is 0 Å². The summed E-state index contributed by atoms with van der Waals surface area (Å²) >= 11 is 0. The molecule has 0 aromatic rings. The molecule has 2 rings (SSSR count). The van der Waals surface area contributed by atoms with E-state index < -0.39 is 23.1 Å². The van der Waals surface area contributed by atoms with Crippen LogP contribution in [0.25, 0.3) is 0 Å². The Labute approximate surface area is 155 Å². The summed E-state index contributed by atoms with van der Waals surface area (Å²) in [5.74, 6) is -0.906. The summed E-state index contributed by atoms with van der Waals surface area (Å²) in [6, 6.07) is -0.480. The molecule has 1 fully saturated rings. The van der Waals surface area contributed by atoms with E-state index in [1.807, 2.05) is 39.8 Å². The number of nitrogens with one attached hydrogen (secondary N) is 1. The Hall–Kier alpha value is -1.73. The third-order valence-corrected chi connectivity index (χ3v) is 4.71. The zero-order valence-electron chi connectivity index (χ0n) is 16.4. The zero-order valence-corrected chi connectivity index (χ0v) is 16.4. The average molecular weight is 365 g/mol. The van der Waals surface area contributed by atoms with Crippen molar-refractivity contribution < 1.29 is 19.1 Å². The lowest BCUT2D eigenvalue weighted by Crippen LogP contribution is -2.52. The largest absolute Gasteiger partial charge is 0.460 e. The predicted molar refractivity (Wildman–Crippen MR) is 100 cm³/mol. The lowest BCUT2D eigenvalue weighted by Gasteiger charge is -2.35. The van der Waals surface area contributed by atoms with Crippen LogP contribution in [0, 0.1) is 5.92 Å². The van der Waals surface area contributed by atoms with Crippen LogP contribution in [0.4, 0.5) is 0 Å². The normalized spacial score (nSPS) is 25.2. The van der Waals surface area contributed by atoms with E-state index in [0.717, 1.165) is 0 Å². The third-order valence-electron chi connectivity index (χ3n) is 4.71. The fourth-order valence-corrected chi connectivity index (χ4v) is 3.22. The number of carbonyl (C=O) groups is 2. The van der Waals surface area contributed by atoms with Crippen molar-refractivity contribution in [3.05, 3.63) is 12.2 Å². The van der Waals surface area contributed by atoms with E-state index in [9.17, 15) is 9.59 Å². The summed E-state index contributed by atoms with van der Waals surface area (Å²) in [4.78, 5) is 32.0. The van der Waals surface area contributed by atoms with Gasteiger partial charge in [0.1, 0.15) is 5.60 Å². The Morgan fingerprint density at radius 2 is 2.00 bits per heavy atom. The van der Waals surface area contributed by atoms with Crippen molar-refractivity contribution in [2.24, 2.45) is 10.9 Å². The van der Waals surface area contributed by atoms with Gasteiger partial charge in [0, 0.05) is 19.3 Å². The van der Waals surface area contributed by atoms with E-state index in [1.54, 1.807) is 18.2 Å². The minimum absolute atomic E-state index is 0.0149. The smallest absolute Gasteiger partial charge is 0.312 e. The molecule has 7 heteroatoms. The minimum Gasteiger partial charge on any atom is -0.460 e. The second-order valence-electron chi connectivity index (χ2n) is 7.96. The maximum Gasteiger partial charge on any atom is 0.312 e. The van der Waals surface area contributed by atoms with Crippen LogP contribution in [0.2, 0.25) is 0 Å². The number of rotatable bonds is 6. The number of allylic oxidation sites excluding steroid dienone is 1. The molecule has 0 aromatic heterocycles. The molecule has 2 aliphatic heterocycles. The van der Waals surface area contributed by atoms with Gasteiger partial charge >= 0.3 is 5.97 Å². The summed E-state index contributed by atoms with van der Waals surface area (Å²) in [6.07, 6.45) is 5.73. The molecule has 0 radical (unpaired) electrons. The number of aliphatic imine (C=N–C) groups is 1. The number of esters is 1. The van der Waals surface area contributed by atoms with Gasteiger partial charge in [0.15, 0.2) is 0 Å². The Morgan fingerprint density at radius 3 is 2.50 bits per heavy atom. The van der Waals surface area contributed by atoms with Crippen LogP contribution in [-0.2, 0) is 19.1 Å². The molecular weight excluding hydrogens is 334 g/mol. The highest BCUT2D eigenvalue weighted by Gasteiger charge is 2.43. The number of likely N-dealkylation sites (N-methyl/N-ethyl adjacent to an activating group) is 1. The molecule has 0 spiro atoms. The summed E-state index contributed by atoms with van der Waals surface area (Å²) in [6.45, 7) is 9.65. The maximum absolute atomic E-state index is 12.9. The van der Waals surface area contributed by atoms with Crippen molar-refractivity contribution in [3.8, 4) is 0 Å². The fraction of sp³-hybridized carbons (Fsp3) is 0.737. The van der Waals surface area contributed by atoms with Crippen molar-refractivity contribution in [3.63, 3.8) is 0 Å². The lowest BCUT2D eigenvalue weighted by atomic mass is 9.81. The van der Waals surface area contributed by atoms with Gasteiger partial charge in [0.2, 0.25) is 5.91 Å². The monoisotopic (exact) mass is 365 g/mol. The summed E-state index contributed by atoms with van der Waals surface area (Å²) in [7, 11) is 1.74. The number of morpholine rings is 1. The van der Waals surface area contributed by atoms with Crippen molar-refractivity contribution in [1.82, 2.24) is 10.2 Å². The highest BCUT2D eigenvalue weighted by Crippen LogP contribution is 2.32. The number of hydrogen-bond acceptors (Lipinski definition) is 6. The van der Waals surface area contributed by atoms with Crippen LogP contribution in [0.5, 0.6) is 0 Å². The number of nitrogens with zero attached hydrogens (tertiary/aromatic N) is 2. The second kappa shape index (κ2) is 8.31. The number of ether oxygens (including phenoxy) is 2. The van der Waals surface area contributed by atoms with Gasteiger partial charge in [-0.3, -0.25) is 14.6 Å². The molecule has 1 saturated heterocycles. The van der Waals surface area contributed by atoms with Gasteiger partial charge in [-0.2, -0.15) is 0 Å². The number of amides is 1. The quantitative estimate of drug-likeness (QED) is 0.715. The van der Waals surface area contributed by atoms with Gasteiger partial charge in [-0.05, 0) is 47.2 Å². The summed E-state index contributed by atoms with van der Waals surface area (Å²) in [5, 5.41) is 3.07. The Bertz CT molecular complexity index is 562. The summed E-state index contributed by atoms with van der Waals surface area (Å²) in [5.41, 5.74) is -1.30. The highest BCUT2D eigenvalue weighted by atomic mass is 16.6. The molecule has 1 N–H and O–H groups in total. The molecule has 2 aliphatic rings. The maximum atomic E-state index is 12.9. The number of carbonyl (C=O) groups excluding carboxylic acids is 2. The molecule has 146 valence electrons. The zero-order chi connectivity index (χ0) is 19.4. The first-order valence-corrected chi connectivity index (χ1v) is 9.16. The molecule has 0 bridgehead atoms. The van der Waals surface area contributed by atoms with E-state index in [1.165, 1.54) is 0 Å². The Kier molecular flexibility index (Phi) is 6.58. The first-order chi connectivity index (χ1) is 12.2. The fourth-order valence-electron chi connectivity index (χ4n) is 3.22. The van der Waals surface area contributed by atoms with Gasteiger partial charge < -0.3 is 19.7 Å². The second-order valence-corrected chi connectivity index (χ2v) is 7.96. The minimum atomic E-state index is -0.706. The van der Waals surface area contributed by atoms with Crippen LogP contribution < -0.4 is 5.32 Å². The standard InChI is InChI=1S/C19H31N3O4/c1-18(2,3)26-17(24)14(19(4)7-6-8-21-19)13-15(20-5)16(23)22-9-11-25-12-10-22/h6-8,14-15,20H,9-13H2,1-5H3. The van der Waals surface area contributed by atoms with Gasteiger partial charge in [0.05, 0.1) is 30.7 Å². The highest BCUT2D eigenvalue weighted by molar-refractivity contribution is 5.84. The molecule has 0 aliphatic carbocycles. The van der Waals surface area contributed by atoms with Crippen molar-refractivity contribution in [2.45, 2.75) is 51.3 Å². The molecule has 0 aromatic carbocycles. The lowest BCUT2D eigenvalue weighted by molar-refractivity contribution is -0.162. The van der Waals surface area contributed by atoms with Crippen LogP contribution >= 0.6 is 0 Å². The van der Waals surface area contributed by atoms with Crippen LogP contribution in [0.1, 0.15) is 34.1 Å². The molecule has 1 amide bonds. The first-order valence-electron chi connectivity index (χ1n) is 9.16. The van der Waals surface area contributed by atoms with Gasteiger partial charge in [-0.15, -0.1) is 0 Å². The first kappa shape index (κ1) is 20.6. The van der Waals surface area contributed by atoms with Gasteiger partial charge in [0.25, 0.3) is 0 Å². The molecule has 26 heavy (non-hydrogen) atoms. The Morgan fingerprint density at radius 1 is 1.35 bits per heavy atom. The molecule has 0 saturated carbocycles. The van der Waals surface area contributed by atoms with Gasteiger partial charge in [-0.1, -0.05) is 6.08 Å². The van der Waals surface area contributed by atoms with Crippen LogP contribution in [-0.4, -0.2) is 73.5 Å². The topological polar surface area (TPSA) is 80.2 Å². The molecular formula is C19H31N3O4. The molecule has 2 heterocycles. The summed E-state index contributed by atoms with van der Waals surface area (Å²) < 4.78 is 10.9. The van der Waals surface area contributed by atoms with Crippen LogP contribution in [0.15, 0.2) is 17.1 Å². The van der Waals surface area contributed by atoms with Crippen molar-refractivity contribution in [2.75, 3.05) is 33.4 Å². The van der Waals surface area contributed by atoms with E-state index in [-0.39, 0.29) is 11.9 Å². The van der Waals surface area contributed by atoms with Crippen molar-refractivity contribution in [1.29, 1.82) is 0 Å². The number of hydrogen-bond donors (Lipinski definition) is 1.